The standard InChI is InChI=1S/C6H13NOS/c1-6(7-2)4-5-9(3)8/h7H,1,4-5H2,2-3H3. The summed E-state index contributed by atoms with van der Waals surface area (Å²) in [6.45, 7) is 3.70. The van der Waals surface area contributed by atoms with E-state index in [2.05, 4.69) is 11.9 Å². The first-order valence-electron chi connectivity index (χ1n) is 2.82. The fraction of sp³-hybridized carbons (Fsp3) is 0.667. The average molecular weight is 147 g/mol. The number of hydrogen-bond acceptors (Lipinski definition) is 2. The molecule has 0 aromatic rings. The first kappa shape index (κ1) is 8.85. The Morgan fingerprint density at radius 1 is 1.78 bits per heavy atom. The summed E-state index contributed by atoms with van der Waals surface area (Å²) in [5, 5.41) is 2.89. The predicted octanol–water partition coefficient (Wildman–Crippen LogP) is 0.488. The Morgan fingerprint density at radius 2 is 2.33 bits per heavy atom. The third kappa shape index (κ3) is 5.73. The van der Waals surface area contributed by atoms with Crippen LogP contribution in [-0.4, -0.2) is 23.6 Å². The molecule has 0 saturated carbocycles. The lowest BCUT2D eigenvalue weighted by molar-refractivity contribution is 0.599. The lowest BCUT2D eigenvalue weighted by Gasteiger charge is -2.05. The summed E-state index contributed by atoms with van der Waals surface area (Å²) < 4.78 is 10.5. The Kier molecular flexibility index (Phi) is 4.62. The zero-order chi connectivity index (χ0) is 7.28. The molecule has 0 amide bonds. The second kappa shape index (κ2) is 4.70. The summed E-state index contributed by atoms with van der Waals surface area (Å²) in [6.07, 6.45) is 2.50. The molecule has 0 heterocycles. The Labute approximate surface area is 59.5 Å². The number of hydrogen-bond donors (Lipinski definition) is 1. The largest absolute Gasteiger partial charge is 0.617 e. The highest BCUT2D eigenvalue weighted by molar-refractivity contribution is 7.90. The lowest BCUT2D eigenvalue weighted by atomic mass is 10.4. The van der Waals surface area contributed by atoms with Crippen molar-refractivity contribution in [2.75, 3.05) is 19.1 Å². The molecule has 0 radical (unpaired) electrons. The van der Waals surface area contributed by atoms with Crippen LogP contribution in [-0.2, 0) is 11.2 Å². The summed E-state index contributed by atoms with van der Waals surface area (Å²) >= 11 is -0.689. The van der Waals surface area contributed by atoms with Crippen molar-refractivity contribution in [3.05, 3.63) is 12.3 Å². The van der Waals surface area contributed by atoms with E-state index in [1.807, 2.05) is 7.05 Å². The molecule has 0 rings (SSSR count). The van der Waals surface area contributed by atoms with Crippen LogP contribution in [0.5, 0.6) is 0 Å². The zero-order valence-corrected chi connectivity index (χ0v) is 6.75. The van der Waals surface area contributed by atoms with Crippen LogP contribution in [0.2, 0.25) is 0 Å². The summed E-state index contributed by atoms with van der Waals surface area (Å²) in [5.74, 6) is 0.708. The molecule has 1 unspecified atom stereocenters. The van der Waals surface area contributed by atoms with Crippen molar-refractivity contribution in [2.24, 2.45) is 0 Å². The molecule has 0 bridgehead atoms. The van der Waals surface area contributed by atoms with Gasteiger partial charge in [-0.3, -0.25) is 0 Å². The van der Waals surface area contributed by atoms with Crippen LogP contribution in [0.3, 0.4) is 0 Å². The molecule has 1 atom stereocenters. The van der Waals surface area contributed by atoms with Crippen LogP contribution in [0.1, 0.15) is 6.42 Å². The molecule has 1 N–H and O–H groups in total. The third-order valence-corrected chi connectivity index (χ3v) is 1.82. The molecule has 0 aliphatic rings. The molecule has 0 saturated heterocycles. The van der Waals surface area contributed by atoms with E-state index in [0.717, 1.165) is 12.1 Å². The van der Waals surface area contributed by atoms with Gasteiger partial charge in [-0.1, -0.05) is 17.8 Å². The van der Waals surface area contributed by atoms with Crippen LogP contribution >= 0.6 is 0 Å². The van der Waals surface area contributed by atoms with Crippen molar-refractivity contribution in [1.29, 1.82) is 0 Å². The van der Waals surface area contributed by atoms with Gasteiger partial charge in [0.2, 0.25) is 0 Å². The molecule has 0 aliphatic carbocycles. The van der Waals surface area contributed by atoms with Crippen molar-refractivity contribution >= 4 is 11.2 Å². The highest BCUT2D eigenvalue weighted by atomic mass is 32.2. The molecule has 9 heavy (non-hydrogen) atoms. The second-order valence-corrected chi connectivity index (χ2v) is 3.44. The Bertz CT molecular complexity index is 93.1. The van der Waals surface area contributed by atoms with Gasteiger partial charge in [0, 0.05) is 19.2 Å². The van der Waals surface area contributed by atoms with Crippen molar-refractivity contribution < 1.29 is 4.55 Å². The van der Waals surface area contributed by atoms with Crippen LogP contribution in [0.4, 0.5) is 0 Å². The summed E-state index contributed by atoms with van der Waals surface area (Å²) in [5.41, 5.74) is 0.949. The minimum atomic E-state index is -0.689. The Balaban J connectivity index is 3.17. The number of nitrogens with one attached hydrogen (secondary N) is 1. The molecule has 0 aromatic carbocycles. The van der Waals surface area contributed by atoms with E-state index in [-0.39, 0.29) is 0 Å². The molecule has 2 nitrogen and oxygen atoms in total. The third-order valence-electron chi connectivity index (χ3n) is 1.04. The van der Waals surface area contributed by atoms with Crippen molar-refractivity contribution in [2.45, 2.75) is 6.42 Å². The highest BCUT2D eigenvalue weighted by Crippen LogP contribution is 1.95. The van der Waals surface area contributed by atoms with Gasteiger partial charge in [-0.2, -0.15) is 0 Å². The smallest absolute Gasteiger partial charge is 0.110 e. The fourth-order valence-electron chi connectivity index (χ4n) is 0.392. The van der Waals surface area contributed by atoms with Gasteiger partial charge >= 0.3 is 0 Å². The predicted molar refractivity (Wildman–Crippen MR) is 41.8 cm³/mol. The normalized spacial score (nSPS) is 12.8. The van der Waals surface area contributed by atoms with E-state index in [1.165, 1.54) is 0 Å². The maximum absolute atomic E-state index is 10.5. The minimum Gasteiger partial charge on any atom is -0.617 e. The Morgan fingerprint density at radius 3 is 2.67 bits per heavy atom. The molecule has 0 aromatic heterocycles. The van der Waals surface area contributed by atoms with Crippen LogP contribution in [0, 0.1) is 0 Å². The van der Waals surface area contributed by atoms with E-state index in [1.54, 1.807) is 6.26 Å². The molecule has 3 heteroatoms. The zero-order valence-electron chi connectivity index (χ0n) is 5.94. The monoisotopic (exact) mass is 147 g/mol. The fourth-order valence-corrected chi connectivity index (χ4v) is 0.926. The molecular weight excluding hydrogens is 134 g/mol. The lowest BCUT2D eigenvalue weighted by Crippen LogP contribution is -2.10. The van der Waals surface area contributed by atoms with E-state index in [4.69, 9.17) is 0 Å². The van der Waals surface area contributed by atoms with E-state index in [0.29, 0.717) is 5.75 Å². The highest BCUT2D eigenvalue weighted by Gasteiger charge is 1.96. The second-order valence-electron chi connectivity index (χ2n) is 1.88. The maximum atomic E-state index is 10.5. The van der Waals surface area contributed by atoms with Gasteiger partial charge in [-0.05, 0) is 0 Å². The quantitative estimate of drug-likeness (QED) is 0.587. The van der Waals surface area contributed by atoms with Gasteiger partial charge in [0.25, 0.3) is 0 Å². The average Bonchev–Trinajstić information content (AvgIpc) is 1.83. The molecule has 54 valence electrons. The van der Waals surface area contributed by atoms with Gasteiger partial charge in [-0.15, -0.1) is 0 Å². The topological polar surface area (TPSA) is 35.1 Å². The van der Waals surface area contributed by atoms with Gasteiger partial charge in [0.15, 0.2) is 0 Å². The Hall–Kier alpha value is -0.150. The molecule has 0 aliphatic heterocycles. The van der Waals surface area contributed by atoms with Gasteiger partial charge in [0.05, 0.1) is 6.26 Å². The van der Waals surface area contributed by atoms with Crippen molar-refractivity contribution in [1.82, 2.24) is 5.32 Å². The number of allylic oxidation sites excluding steroid dienone is 1. The molecule has 0 fully saturated rings. The van der Waals surface area contributed by atoms with Crippen LogP contribution < -0.4 is 5.32 Å². The van der Waals surface area contributed by atoms with Gasteiger partial charge < -0.3 is 9.87 Å². The number of rotatable bonds is 4. The SMILES string of the molecule is C=C(CC[S+](C)[O-])NC. The van der Waals surface area contributed by atoms with Gasteiger partial charge in [-0.25, -0.2) is 0 Å². The first-order valence-corrected chi connectivity index (χ1v) is 4.55. The van der Waals surface area contributed by atoms with E-state index in [9.17, 15) is 4.55 Å². The summed E-state index contributed by atoms with van der Waals surface area (Å²) in [6, 6.07) is 0. The molecule has 0 spiro atoms. The summed E-state index contributed by atoms with van der Waals surface area (Å²) in [4.78, 5) is 0. The minimum absolute atomic E-state index is 0.689. The maximum Gasteiger partial charge on any atom is 0.110 e. The van der Waals surface area contributed by atoms with E-state index < -0.39 is 11.2 Å². The van der Waals surface area contributed by atoms with Crippen LogP contribution in [0.25, 0.3) is 0 Å². The van der Waals surface area contributed by atoms with Crippen LogP contribution in [0.15, 0.2) is 12.3 Å². The van der Waals surface area contributed by atoms with Gasteiger partial charge in [0.1, 0.15) is 5.75 Å². The van der Waals surface area contributed by atoms with Crippen molar-refractivity contribution in [3.63, 3.8) is 0 Å². The molecular formula is C6H13NOS. The summed E-state index contributed by atoms with van der Waals surface area (Å²) in [7, 11) is 1.82. The van der Waals surface area contributed by atoms with Crippen molar-refractivity contribution in [3.8, 4) is 0 Å². The first-order chi connectivity index (χ1) is 4.16. The van der Waals surface area contributed by atoms with E-state index >= 15 is 0 Å².